The first-order valence-corrected chi connectivity index (χ1v) is 10.3. The van der Waals surface area contributed by atoms with Crippen LogP contribution in [0.2, 0.25) is 0 Å². The molecular weight excluding hydrogens is 416 g/mol. The highest BCUT2D eigenvalue weighted by Crippen LogP contribution is 2.31. The number of carbonyl (C=O) groups is 3. The molecule has 168 valence electrons. The number of methoxy groups -OCH3 is 1. The molecule has 1 atom stereocenters. The lowest BCUT2D eigenvalue weighted by Gasteiger charge is -2.32. The van der Waals surface area contributed by atoms with Gasteiger partial charge in [0.25, 0.3) is 5.56 Å². The molecule has 3 heterocycles. The first-order chi connectivity index (χ1) is 15.4. The maximum absolute atomic E-state index is 12.9. The second-order valence-corrected chi connectivity index (χ2v) is 7.84. The van der Waals surface area contributed by atoms with Gasteiger partial charge < -0.3 is 26.0 Å². The van der Waals surface area contributed by atoms with Gasteiger partial charge >= 0.3 is 0 Å². The van der Waals surface area contributed by atoms with E-state index < -0.39 is 23.3 Å². The maximum atomic E-state index is 12.9. The Morgan fingerprint density at radius 1 is 1.19 bits per heavy atom. The number of amides is 3. The van der Waals surface area contributed by atoms with Crippen molar-refractivity contribution in [2.45, 2.75) is 25.2 Å². The lowest BCUT2D eigenvalue weighted by atomic mass is 9.92. The van der Waals surface area contributed by atoms with E-state index in [0.717, 1.165) is 0 Å². The smallest absolute Gasteiger partial charge is 0.258 e. The van der Waals surface area contributed by atoms with Crippen molar-refractivity contribution in [3.63, 3.8) is 0 Å². The minimum Gasteiger partial charge on any atom is -0.497 e. The number of hydrogen-bond donors (Lipinski definition) is 4. The monoisotopic (exact) mass is 440 g/mol. The molecule has 0 radical (unpaired) electrons. The molecule has 0 spiro atoms. The van der Waals surface area contributed by atoms with Crippen molar-refractivity contribution in [3.8, 4) is 5.75 Å². The Balaban J connectivity index is 1.57. The van der Waals surface area contributed by atoms with Crippen LogP contribution in [0.3, 0.4) is 0 Å². The largest absolute Gasteiger partial charge is 0.497 e. The van der Waals surface area contributed by atoms with Crippen molar-refractivity contribution < 1.29 is 19.1 Å². The lowest BCUT2D eigenvalue weighted by molar-refractivity contribution is -0.123. The number of carbonyl (C=O) groups excluding carboxylic acids is 3. The molecule has 0 saturated carbocycles. The van der Waals surface area contributed by atoms with Gasteiger partial charge in [0, 0.05) is 31.1 Å². The van der Waals surface area contributed by atoms with E-state index in [1.54, 1.807) is 31.4 Å². The van der Waals surface area contributed by atoms with Crippen LogP contribution in [0.15, 0.2) is 29.1 Å². The normalized spacial score (nSPS) is 18.5. The van der Waals surface area contributed by atoms with Crippen LogP contribution in [-0.2, 0) is 14.4 Å². The number of nitrogens with zero attached hydrogens (tertiary/aromatic N) is 2. The molecule has 11 nitrogen and oxygen atoms in total. The van der Waals surface area contributed by atoms with E-state index >= 15 is 0 Å². The second-order valence-electron chi connectivity index (χ2n) is 7.84. The summed E-state index contributed by atoms with van der Waals surface area (Å²) in [6.07, 6.45) is 0.938. The van der Waals surface area contributed by atoms with E-state index in [4.69, 9.17) is 10.5 Å². The summed E-state index contributed by atoms with van der Waals surface area (Å²) in [7, 11) is 1.54. The van der Waals surface area contributed by atoms with E-state index in [2.05, 4.69) is 20.6 Å². The summed E-state index contributed by atoms with van der Waals surface area (Å²) in [5.41, 5.74) is 5.52. The standard InChI is InChI=1S/C21H24N6O5/c1-32-13-4-2-12(3-5-13)23-19(30)14-10-15(28)24-18-16(14)20(31)26-21(25-18)27-8-6-11(7-9-27)17(22)29/h2-5,11,14H,6-10H2,1H3,(H2,22,29)(H,23,30)(H2,24,25,26,28,31). The molecule has 1 aromatic carbocycles. The SMILES string of the molecule is COc1ccc(NC(=O)C2CC(=O)Nc3nc(N4CCC(C(N)=O)CC4)[nH]c(=O)c32)cc1. The molecule has 1 fully saturated rings. The summed E-state index contributed by atoms with van der Waals surface area (Å²) in [4.78, 5) is 58.4. The van der Waals surface area contributed by atoms with E-state index in [9.17, 15) is 19.2 Å². The number of benzene rings is 1. The first kappa shape index (κ1) is 21.3. The fourth-order valence-corrected chi connectivity index (χ4v) is 4.01. The van der Waals surface area contributed by atoms with Crippen molar-refractivity contribution in [2.24, 2.45) is 11.7 Å². The summed E-state index contributed by atoms with van der Waals surface area (Å²) in [5, 5.41) is 5.34. The van der Waals surface area contributed by atoms with Crippen molar-refractivity contribution in [3.05, 3.63) is 40.2 Å². The number of piperidine rings is 1. The third kappa shape index (κ3) is 4.27. The van der Waals surface area contributed by atoms with Crippen molar-refractivity contribution in [2.75, 3.05) is 35.7 Å². The number of aromatic nitrogens is 2. The highest BCUT2D eigenvalue weighted by atomic mass is 16.5. The zero-order valence-corrected chi connectivity index (χ0v) is 17.5. The van der Waals surface area contributed by atoms with Crippen molar-refractivity contribution in [1.29, 1.82) is 0 Å². The topological polar surface area (TPSA) is 160 Å². The Morgan fingerprint density at radius 3 is 2.50 bits per heavy atom. The van der Waals surface area contributed by atoms with Crippen LogP contribution in [0.1, 0.15) is 30.7 Å². The Morgan fingerprint density at radius 2 is 1.88 bits per heavy atom. The molecule has 1 unspecified atom stereocenters. The molecule has 0 bridgehead atoms. The third-order valence-corrected chi connectivity index (χ3v) is 5.81. The molecular formula is C21H24N6O5. The zero-order valence-electron chi connectivity index (χ0n) is 17.5. The van der Waals surface area contributed by atoms with Crippen molar-refractivity contribution in [1.82, 2.24) is 9.97 Å². The van der Waals surface area contributed by atoms with E-state index in [1.165, 1.54) is 0 Å². The molecule has 1 aromatic heterocycles. The van der Waals surface area contributed by atoms with Crippen LogP contribution in [-0.4, -0.2) is 47.9 Å². The van der Waals surface area contributed by atoms with Crippen LogP contribution in [0.4, 0.5) is 17.5 Å². The molecule has 32 heavy (non-hydrogen) atoms. The van der Waals surface area contributed by atoms with Gasteiger partial charge in [-0.1, -0.05) is 0 Å². The molecule has 0 aliphatic carbocycles. The zero-order chi connectivity index (χ0) is 22.8. The van der Waals surface area contributed by atoms with Crippen LogP contribution in [0.25, 0.3) is 0 Å². The van der Waals surface area contributed by atoms with Gasteiger partial charge in [-0.2, -0.15) is 4.98 Å². The Kier molecular flexibility index (Phi) is 5.80. The first-order valence-electron chi connectivity index (χ1n) is 10.3. The predicted octanol–water partition coefficient (Wildman–Crippen LogP) is 0.545. The summed E-state index contributed by atoms with van der Waals surface area (Å²) >= 11 is 0. The maximum Gasteiger partial charge on any atom is 0.258 e. The number of aromatic amines is 1. The van der Waals surface area contributed by atoms with Gasteiger partial charge in [0.1, 0.15) is 11.6 Å². The number of rotatable bonds is 5. The van der Waals surface area contributed by atoms with Gasteiger partial charge in [0.15, 0.2) is 0 Å². The second kappa shape index (κ2) is 8.69. The summed E-state index contributed by atoms with van der Waals surface area (Å²) in [6, 6.07) is 6.72. The van der Waals surface area contributed by atoms with Crippen LogP contribution >= 0.6 is 0 Å². The van der Waals surface area contributed by atoms with Gasteiger partial charge in [0.2, 0.25) is 23.7 Å². The average Bonchev–Trinajstić information content (AvgIpc) is 2.78. The number of nitrogens with one attached hydrogen (secondary N) is 3. The van der Waals surface area contributed by atoms with Gasteiger partial charge in [-0.05, 0) is 37.1 Å². The van der Waals surface area contributed by atoms with E-state index in [0.29, 0.717) is 37.4 Å². The molecule has 4 rings (SSSR count). The number of primary amides is 1. The number of H-pyrrole nitrogens is 1. The van der Waals surface area contributed by atoms with E-state index in [-0.39, 0.29) is 35.6 Å². The summed E-state index contributed by atoms with van der Waals surface area (Å²) in [5.74, 6) is -1.40. The number of nitrogens with two attached hydrogens (primary N) is 1. The molecule has 1 saturated heterocycles. The minimum atomic E-state index is -0.980. The van der Waals surface area contributed by atoms with Gasteiger partial charge in [-0.15, -0.1) is 0 Å². The quantitative estimate of drug-likeness (QED) is 0.528. The highest BCUT2D eigenvalue weighted by molar-refractivity contribution is 6.04. The number of anilines is 3. The third-order valence-electron chi connectivity index (χ3n) is 5.81. The van der Waals surface area contributed by atoms with Crippen molar-refractivity contribution >= 4 is 35.2 Å². The Labute approximate surface area is 183 Å². The lowest BCUT2D eigenvalue weighted by Crippen LogP contribution is -2.41. The number of hydrogen-bond acceptors (Lipinski definition) is 7. The Hall–Kier alpha value is -3.89. The molecule has 5 N–H and O–H groups in total. The molecule has 11 heteroatoms. The number of ether oxygens (including phenoxy) is 1. The summed E-state index contributed by atoms with van der Waals surface area (Å²) < 4.78 is 5.10. The molecule has 2 aliphatic heterocycles. The highest BCUT2D eigenvalue weighted by Gasteiger charge is 2.35. The van der Waals surface area contributed by atoms with Crippen LogP contribution in [0, 0.1) is 5.92 Å². The molecule has 2 aliphatic rings. The minimum absolute atomic E-state index is 0.0758. The molecule has 2 aromatic rings. The van der Waals surface area contributed by atoms with Crippen LogP contribution < -0.4 is 31.6 Å². The van der Waals surface area contributed by atoms with Gasteiger partial charge in [-0.3, -0.25) is 24.2 Å². The Bertz CT molecular complexity index is 1100. The fraction of sp³-hybridized carbons (Fsp3) is 0.381. The number of fused-ring (bicyclic) bond motifs is 1. The van der Waals surface area contributed by atoms with Gasteiger partial charge in [-0.25, -0.2) is 0 Å². The average molecular weight is 440 g/mol. The predicted molar refractivity (Wildman–Crippen MR) is 117 cm³/mol. The van der Waals surface area contributed by atoms with E-state index in [1.807, 2.05) is 4.90 Å². The van der Waals surface area contributed by atoms with Crippen LogP contribution in [0.5, 0.6) is 5.75 Å². The van der Waals surface area contributed by atoms with Gasteiger partial charge in [0.05, 0.1) is 18.6 Å². The summed E-state index contributed by atoms with van der Waals surface area (Å²) in [6.45, 7) is 0.981. The molecule has 3 amide bonds. The fourth-order valence-electron chi connectivity index (χ4n) is 4.01.